The Morgan fingerprint density at radius 2 is 1.71 bits per heavy atom. The molecule has 0 fully saturated rings. The Bertz CT molecular complexity index is 615. The van der Waals surface area contributed by atoms with Crippen molar-refractivity contribution in [2.24, 2.45) is 5.73 Å². The Balaban J connectivity index is 2.04. The van der Waals surface area contributed by atoms with Gasteiger partial charge in [0.05, 0.1) is 6.04 Å². The standard InChI is InChI=1S/C17H20N2O2/c1-11-4-3-5-12(2)16(11)19-17(21)15(18)10-13-6-8-14(20)9-7-13/h3-9,15,20H,10,18H2,1-2H3,(H,19,21). The molecule has 0 saturated heterocycles. The molecule has 2 aromatic rings. The van der Waals surface area contributed by atoms with Crippen LogP contribution in [0.5, 0.6) is 5.75 Å². The topological polar surface area (TPSA) is 75.4 Å². The number of para-hydroxylation sites is 1. The number of rotatable bonds is 4. The first-order valence-corrected chi connectivity index (χ1v) is 6.88. The fraction of sp³-hybridized carbons (Fsp3) is 0.235. The number of amides is 1. The Kier molecular flexibility index (Phi) is 4.60. The van der Waals surface area contributed by atoms with Crippen molar-refractivity contribution in [3.63, 3.8) is 0 Å². The van der Waals surface area contributed by atoms with Gasteiger partial charge in [-0.2, -0.15) is 0 Å². The summed E-state index contributed by atoms with van der Waals surface area (Å²) in [5, 5.41) is 12.1. The van der Waals surface area contributed by atoms with Gasteiger partial charge in [0.15, 0.2) is 0 Å². The number of anilines is 1. The lowest BCUT2D eigenvalue weighted by Gasteiger charge is -2.15. The molecule has 0 aliphatic heterocycles. The number of nitrogens with one attached hydrogen (secondary N) is 1. The maximum atomic E-state index is 12.2. The fourth-order valence-electron chi connectivity index (χ4n) is 2.21. The molecule has 2 rings (SSSR count). The van der Waals surface area contributed by atoms with Crippen LogP contribution in [0.2, 0.25) is 0 Å². The lowest BCUT2D eigenvalue weighted by molar-refractivity contribution is -0.117. The summed E-state index contributed by atoms with van der Waals surface area (Å²) in [4.78, 5) is 12.2. The van der Waals surface area contributed by atoms with Crippen LogP contribution in [0.4, 0.5) is 5.69 Å². The van der Waals surface area contributed by atoms with Crippen LogP contribution in [-0.4, -0.2) is 17.1 Å². The van der Waals surface area contributed by atoms with Gasteiger partial charge < -0.3 is 16.2 Å². The van der Waals surface area contributed by atoms with Crippen LogP contribution in [-0.2, 0) is 11.2 Å². The summed E-state index contributed by atoms with van der Waals surface area (Å²) < 4.78 is 0. The van der Waals surface area contributed by atoms with Crippen molar-refractivity contribution in [2.75, 3.05) is 5.32 Å². The van der Waals surface area contributed by atoms with Gasteiger partial charge in [0.1, 0.15) is 5.75 Å². The van der Waals surface area contributed by atoms with Crippen molar-refractivity contribution >= 4 is 11.6 Å². The molecule has 4 heteroatoms. The van der Waals surface area contributed by atoms with Crippen LogP contribution in [0.25, 0.3) is 0 Å². The fourth-order valence-corrected chi connectivity index (χ4v) is 2.21. The van der Waals surface area contributed by atoms with Gasteiger partial charge in [0.25, 0.3) is 0 Å². The average molecular weight is 284 g/mol. The number of carbonyl (C=O) groups excluding carboxylic acids is 1. The second kappa shape index (κ2) is 6.41. The van der Waals surface area contributed by atoms with E-state index in [0.717, 1.165) is 22.4 Å². The highest BCUT2D eigenvalue weighted by Crippen LogP contribution is 2.19. The normalized spacial score (nSPS) is 12.0. The number of benzene rings is 2. The van der Waals surface area contributed by atoms with Gasteiger partial charge in [0, 0.05) is 5.69 Å². The smallest absolute Gasteiger partial charge is 0.241 e. The molecule has 1 atom stereocenters. The lowest BCUT2D eigenvalue weighted by atomic mass is 10.0. The summed E-state index contributed by atoms with van der Waals surface area (Å²) in [5.74, 6) is -0.00668. The zero-order valence-electron chi connectivity index (χ0n) is 12.3. The maximum absolute atomic E-state index is 12.2. The Labute approximate surface area is 124 Å². The summed E-state index contributed by atoms with van der Waals surface area (Å²) in [6.07, 6.45) is 0.428. The van der Waals surface area contributed by atoms with E-state index in [1.165, 1.54) is 0 Å². The molecule has 1 amide bonds. The molecule has 1 unspecified atom stereocenters. The highest BCUT2D eigenvalue weighted by molar-refractivity contribution is 5.96. The number of carbonyl (C=O) groups is 1. The first-order chi connectivity index (χ1) is 9.97. The van der Waals surface area contributed by atoms with Crippen molar-refractivity contribution in [2.45, 2.75) is 26.3 Å². The summed E-state index contributed by atoms with van der Waals surface area (Å²) >= 11 is 0. The van der Waals surface area contributed by atoms with Crippen molar-refractivity contribution in [1.82, 2.24) is 0 Å². The second-order valence-corrected chi connectivity index (χ2v) is 5.23. The van der Waals surface area contributed by atoms with Gasteiger partial charge in [-0.05, 0) is 49.1 Å². The molecule has 4 nitrogen and oxygen atoms in total. The first-order valence-electron chi connectivity index (χ1n) is 6.88. The minimum atomic E-state index is -0.631. The number of aryl methyl sites for hydroxylation is 2. The number of hydrogen-bond acceptors (Lipinski definition) is 3. The van der Waals surface area contributed by atoms with Gasteiger partial charge in [-0.1, -0.05) is 30.3 Å². The molecule has 0 aromatic heterocycles. The molecule has 0 saturated carbocycles. The number of aromatic hydroxyl groups is 1. The lowest BCUT2D eigenvalue weighted by Crippen LogP contribution is -2.37. The first kappa shape index (κ1) is 15.1. The molecule has 2 aromatic carbocycles. The average Bonchev–Trinajstić information content (AvgIpc) is 2.45. The predicted octanol–water partition coefficient (Wildman–Crippen LogP) is 2.52. The highest BCUT2D eigenvalue weighted by atomic mass is 16.3. The summed E-state index contributed by atoms with van der Waals surface area (Å²) in [5.41, 5.74) is 9.73. The van der Waals surface area contributed by atoms with Crippen LogP contribution >= 0.6 is 0 Å². The molecule has 0 aliphatic carbocycles. The molecular weight excluding hydrogens is 264 g/mol. The molecule has 21 heavy (non-hydrogen) atoms. The van der Waals surface area contributed by atoms with E-state index in [1.54, 1.807) is 24.3 Å². The van der Waals surface area contributed by atoms with Gasteiger partial charge in [-0.25, -0.2) is 0 Å². The number of nitrogens with two attached hydrogens (primary N) is 1. The third-order valence-electron chi connectivity index (χ3n) is 3.46. The zero-order chi connectivity index (χ0) is 15.4. The van der Waals surface area contributed by atoms with Crippen LogP contribution in [0.3, 0.4) is 0 Å². The minimum Gasteiger partial charge on any atom is -0.508 e. The van der Waals surface area contributed by atoms with Gasteiger partial charge in [-0.15, -0.1) is 0 Å². The molecule has 0 radical (unpaired) electrons. The largest absolute Gasteiger partial charge is 0.508 e. The molecule has 0 heterocycles. The Morgan fingerprint density at radius 3 is 2.29 bits per heavy atom. The van der Waals surface area contributed by atoms with Crippen molar-refractivity contribution in [3.8, 4) is 5.75 Å². The Morgan fingerprint density at radius 1 is 1.14 bits per heavy atom. The molecule has 0 bridgehead atoms. The monoisotopic (exact) mass is 284 g/mol. The van der Waals surface area contributed by atoms with E-state index in [2.05, 4.69) is 5.32 Å². The molecule has 0 aliphatic rings. The summed E-state index contributed by atoms with van der Waals surface area (Å²) in [6.45, 7) is 3.90. The number of hydrogen-bond donors (Lipinski definition) is 3. The SMILES string of the molecule is Cc1cccc(C)c1NC(=O)C(N)Cc1ccc(O)cc1. The maximum Gasteiger partial charge on any atom is 0.241 e. The quantitative estimate of drug-likeness (QED) is 0.807. The van der Waals surface area contributed by atoms with Gasteiger partial charge in [-0.3, -0.25) is 4.79 Å². The molecular formula is C17H20N2O2. The van der Waals surface area contributed by atoms with E-state index in [-0.39, 0.29) is 11.7 Å². The predicted molar refractivity (Wildman–Crippen MR) is 84.3 cm³/mol. The van der Waals surface area contributed by atoms with Crippen molar-refractivity contribution < 1.29 is 9.90 Å². The van der Waals surface area contributed by atoms with Crippen LogP contribution in [0.15, 0.2) is 42.5 Å². The molecule has 0 spiro atoms. The van der Waals surface area contributed by atoms with E-state index in [0.29, 0.717) is 6.42 Å². The van der Waals surface area contributed by atoms with E-state index in [4.69, 9.17) is 5.73 Å². The van der Waals surface area contributed by atoms with Crippen molar-refractivity contribution in [1.29, 1.82) is 0 Å². The van der Waals surface area contributed by atoms with E-state index < -0.39 is 6.04 Å². The summed E-state index contributed by atoms with van der Waals surface area (Å²) in [6, 6.07) is 11.9. The van der Waals surface area contributed by atoms with Crippen molar-refractivity contribution in [3.05, 3.63) is 59.2 Å². The molecule has 110 valence electrons. The van der Waals surface area contributed by atoms with Crippen LogP contribution < -0.4 is 11.1 Å². The second-order valence-electron chi connectivity index (χ2n) is 5.23. The minimum absolute atomic E-state index is 0.201. The third kappa shape index (κ3) is 3.83. The van der Waals surface area contributed by atoms with E-state index in [1.807, 2.05) is 32.0 Å². The van der Waals surface area contributed by atoms with Gasteiger partial charge >= 0.3 is 0 Å². The third-order valence-corrected chi connectivity index (χ3v) is 3.46. The van der Waals surface area contributed by atoms with E-state index in [9.17, 15) is 9.90 Å². The number of phenolic OH excluding ortho intramolecular Hbond substituents is 1. The zero-order valence-corrected chi connectivity index (χ0v) is 12.3. The number of phenols is 1. The van der Waals surface area contributed by atoms with Crippen LogP contribution in [0.1, 0.15) is 16.7 Å². The van der Waals surface area contributed by atoms with Crippen LogP contribution in [0, 0.1) is 13.8 Å². The Hall–Kier alpha value is -2.33. The summed E-state index contributed by atoms with van der Waals surface area (Å²) in [7, 11) is 0. The highest BCUT2D eigenvalue weighted by Gasteiger charge is 2.16. The van der Waals surface area contributed by atoms with Gasteiger partial charge in [0.2, 0.25) is 5.91 Å². The van der Waals surface area contributed by atoms with E-state index >= 15 is 0 Å². The molecule has 4 N–H and O–H groups in total.